The fraction of sp³-hybridized carbons (Fsp3) is 0.538. The number of nitrogens with one attached hydrogen (secondary N) is 3. The second-order valence-corrected chi connectivity index (χ2v) is 10.1. The second kappa shape index (κ2) is 9.65. The topological polar surface area (TPSA) is 127 Å². The number of methoxy groups -OCH3 is 1. The van der Waals surface area contributed by atoms with Crippen molar-refractivity contribution < 1.29 is 27.9 Å². The van der Waals surface area contributed by atoms with Crippen molar-refractivity contribution in [2.24, 2.45) is 11.8 Å². The SMILES string of the molecule is COc1cccc2[nH]c(C(=O)N3[C@@H]4CC[C@H]([C@H]3C(=O)N[C@@H](C#N)C[C@@H]3CCCNC3=O)C(F)(F)C4)cc12. The maximum Gasteiger partial charge on any atom is 0.271 e. The van der Waals surface area contributed by atoms with E-state index in [1.165, 1.54) is 12.0 Å². The Kier molecular flexibility index (Phi) is 6.52. The third-order valence-electron chi connectivity index (χ3n) is 7.90. The highest BCUT2D eigenvalue weighted by molar-refractivity contribution is 6.02. The molecule has 3 amide bonds. The standard InChI is InChI=1S/C26H29F2N5O4/c1-37-21-6-2-5-19-17(21)11-20(32-19)25(36)33-16-7-8-18(26(27,28)12-16)22(33)24(35)31-15(13-29)10-14-4-3-9-30-23(14)34/h2,5-6,11,14-16,18,22,32H,3-4,7-10,12H2,1H3,(H,30,34)(H,31,35)/t14-,15+,16+,18+,22-/m0/s1. The van der Waals surface area contributed by atoms with Gasteiger partial charge in [-0.1, -0.05) is 6.07 Å². The largest absolute Gasteiger partial charge is 0.496 e. The van der Waals surface area contributed by atoms with Gasteiger partial charge in [0, 0.05) is 35.8 Å². The summed E-state index contributed by atoms with van der Waals surface area (Å²) in [6.45, 7) is 0.565. The van der Waals surface area contributed by atoms with Crippen LogP contribution in [0.25, 0.3) is 10.9 Å². The molecule has 4 fully saturated rings. The summed E-state index contributed by atoms with van der Waals surface area (Å²) in [5.41, 5.74) is 0.815. The van der Waals surface area contributed by atoms with Crippen LogP contribution in [0.4, 0.5) is 8.78 Å². The quantitative estimate of drug-likeness (QED) is 0.547. The predicted octanol–water partition coefficient (Wildman–Crippen LogP) is 2.73. The van der Waals surface area contributed by atoms with Crippen molar-refractivity contribution in [2.45, 2.75) is 62.6 Å². The molecule has 1 saturated carbocycles. The zero-order valence-electron chi connectivity index (χ0n) is 20.4. The second-order valence-electron chi connectivity index (χ2n) is 10.1. The lowest BCUT2D eigenvalue weighted by Gasteiger charge is -2.53. The van der Waals surface area contributed by atoms with Crippen molar-refractivity contribution in [3.8, 4) is 11.8 Å². The zero-order valence-corrected chi connectivity index (χ0v) is 20.4. The van der Waals surface area contributed by atoms with Crippen LogP contribution in [0.5, 0.6) is 5.75 Å². The number of carbonyl (C=O) groups excluding carboxylic acids is 3. The van der Waals surface area contributed by atoms with Crippen LogP contribution in [-0.4, -0.2) is 65.3 Å². The molecular formula is C26H29F2N5O4. The van der Waals surface area contributed by atoms with E-state index in [-0.39, 0.29) is 24.4 Å². The number of benzene rings is 1. The average Bonchev–Trinajstić information content (AvgIpc) is 3.33. The van der Waals surface area contributed by atoms with Gasteiger partial charge in [0.15, 0.2) is 0 Å². The highest BCUT2D eigenvalue weighted by Gasteiger charge is 2.60. The van der Waals surface area contributed by atoms with Crippen LogP contribution in [-0.2, 0) is 9.59 Å². The fourth-order valence-electron chi connectivity index (χ4n) is 6.10. The molecule has 1 aromatic heterocycles. The number of piperidine rings is 3. The molecule has 2 bridgehead atoms. The summed E-state index contributed by atoms with van der Waals surface area (Å²) in [6.07, 6.45) is 1.38. The maximum absolute atomic E-state index is 15.0. The molecule has 1 aliphatic carbocycles. The van der Waals surface area contributed by atoms with E-state index in [9.17, 15) is 28.4 Å². The van der Waals surface area contributed by atoms with Gasteiger partial charge in [0.05, 0.1) is 19.1 Å². The number of hydrogen-bond acceptors (Lipinski definition) is 5. The van der Waals surface area contributed by atoms with E-state index in [4.69, 9.17) is 4.74 Å². The molecule has 4 heterocycles. The third kappa shape index (κ3) is 4.49. The molecule has 4 aliphatic rings. The van der Waals surface area contributed by atoms with Crippen molar-refractivity contribution in [1.82, 2.24) is 20.5 Å². The molecule has 0 unspecified atom stereocenters. The van der Waals surface area contributed by atoms with Crippen molar-refractivity contribution in [1.29, 1.82) is 5.26 Å². The maximum atomic E-state index is 15.0. The lowest BCUT2D eigenvalue weighted by atomic mass is 9.71. The van der Waals surface area contributed by atoms with Crippen molar-refractivity contribution in [3.63, 3.8) is 0 Å². The molecule has 0 radical (unpaired) electrons. The number of nitriles is 1. The third-order valence-corrected chi connectivity index (χ3v) is 7.90. The van der Waals surface area contributed by atoms with Crippen molar-refractivity contribution in [3.05, 3.63) is 30.0 Å². The number of fused-ring (bicyclic) bond motifs is 4. The van der Waals surface area contributed by atoms with E-state index < -0.39 is 54.1 Å². The van der Waals surface area contributed by atoms with Crippen LogP contribution in [0.2, 0.25) is 0 Å². The summed E-state index contributed by atoms with van der Waals surface area (Å²) >= 11 is 0. The number of alkyl halides is 2. The number of aromatic amines is 1. The summed E-state index contributed by atoms with van der Waals surface area (Å²) in [7, 11) is 1.51. The molecule has 9 nitrogen and oxygen atoms in total. The number of carbonyl (C=O) groups is 3. The first-order valence-electron chi connectivity index (χ1n) is 12.6. The first-order chi connectivity index (χ1) is 17.7. The Labute approximate surface area is 212 Å². The Hall–Kier alpha value is -3.68. The number of ether oxygens (including phenoxy) is 1. The molecule has 1 aromatic carbocycles. The van der Waals surface area contributed by atoms with Crippen LogP contribution >= 0.6 is 0 Å². The van der Waals surface area contributed by atoms with Gasteiger partial charge in [-0.25, -0.2) is 8.78 Å². The predicted molar refractivity (Wildman–Crippen MR) is 129 cm³/mol. The van der Waals surface area contributed by atoms with E-state index in [0.29, 0.717) is 36.0 Å². The lowest BCUT2D eigenvalue weighted by Crippen LogP contribution is -2.68. The van der Waals surface area contributed by atoms with Crippen LogP contribution in [0.3, 0.4) is 0 Å². The smallest absolute Gasteiger partial charge is 0.271 e. The Morgan fingerprint density at radius 1 is 1.32 bits per heavy atom. The van der Waals surface area contributed by atoms with E-state index in [1.807, 2.05) is 6.07 Å². The van der Waals surface area contributed by atoms with Crippen molar-refractivity contribution in [2.75, 3.05) is 13.7 Å². The minimum absolute atomic E-state index is 0.0844. The highest BCUT2D eigenvalue weighted by Crippen LogP contribution is 2.49. The van der Waals surface area contributed by atoms with Gasteiger partial charge in [0.2, 0.25) is 11.8 Å². The van der Waals surface area contributed by atoms with Crippen LogP contribution in [0.1, 0.15) is 49.0 Å². The first kappa shape index (κ1) is 25.0. The molecule has 37 heavy (non-hydrogen) atoms. The average molecular weight is 514 g/mol. The summed E-state index contributed by atoms with van der Waals surface area (Å²) in [4.78, 5) is 43.6. The molecule has 3 N–H and O–H groups in total. The molecule has 11 heteroatoms. The zero-order chi connectivity index (χ0) is 26.3. The number of nitrogens with zero attached hydrogens (tertiary/aromatic N) is 2. The van der Waals surface area contributed by atoms with Crippen LogP contribution in [0, 0.1) is 23.2 Å². The Morgan fingerprint density at radius 3 is 2.84 bits per heavy atom. The molecule has 3 aliphatic heterocycles. The number of rotatable bonds is 6. The molecule has 2 aromatic rings. The minimum Gasteiger partial charge on any atom is -0.496 e. The normalized spacial score (nSPS) is 27.3. The number of amides is 3. The van der Waals surface area contributed by atoms with Gasteiger partial charge in [-0.05, 0) is 50.3 Å². The van der Waals surface area contributed by atoms with E-state index in [2.05, 4.69) is 15.6 Å². The van der Waals surface area contributed by atoms with Crippen LogP contribution < -0.4 is 15.4 Å². The van der Waals surface area contributed by atoms with Crippen molar-refractivity contribution >= 4 is 28.6 Å². The first-order valence-corrected chi connectivity index (χ1v) is 12.6. The molecule has 0 spiro atoms. The fourth-order valence-corrected chi connectivity index (χ4v) is 6.10. The summed E-state index contributed by atoms with van der Waals surface area (Å²) in [5.74, 6) is -5.90. The Balaban J connectivity index is 1.42. The lowest BCUT2D eigenvalue weighted by molar-refractivity contribution is -0.179. The molecule has 3 saturated heterocycles. The molecule has 196 valence electrons. The van der Waals surface area contributed by atoms with Gasteiger partial charge >= 0.3 is 0 Å². The number of hydrogen-bond donors (Lipinski definition) is 3. The van der Waals surface area contributed by atoms with E-state index >= 15 is 0 Å². The van der Waals surface area contributed by atoms with E-state index in [0.717, 1.165) is 6.42 Å². The molecule has 6 rings (SSSR count). The molecular weight excluding hydrogens is 484 g/mol. The van der Waals surface area contributed by atoms with E-state index in [1.54, 1.807) is 24.3 Å². The number of halogens is 2. The highest BCUT2D eigenvalue weighted by atomic mass is 19.3. The minimum atomic E-state index is -3.11. The molecule has 5 atom stereocenters. The van der Waals surface area contributed by atoms with Gasteiger partial charge in [-0.15, -0.1) is 0 Å². The number of H-pyrrole nitrogens is 1. The monoisotopic (exact) mass is 513 g/mol. The van der Waals surface area contributed by atoms with Crippen LogP contribution in [0.15, 0.2) is 24.3 Å². The summed E-state index contributed by atoms with van der Waals surface area (Å²) in [5, 5.41) is 15.6. The van der Waals surface area contributed by atoms with Gasteiger partial charge < -0.3 is 25.3 Å². The van der Waals surface area contributed by atoms with Gasteiger partial charge in [-0.2, -0.15) is 5.26 Å². The number of aromatic nitrogens is 1. The van der Waals surface area contributed by atoms with Gasteiger partial charge in [-0.3, -0.25) is 14.4 Å². The van der Waals surface area contributed by atoms with Gasteiger partial charge in [0.1, 0.15) is 23.5 Å². The Morgan fingerprint density at radius 2 is 2.14 bits per heavy atom. The Bertz CT molecular complexity index is 1270. The summed E-state index contributed by atoms with van der Waals surface area (Å²) in [6, 6.07) is 5.59. The summed E-state index contributed by atoms with van der Waals surface area (Å²) < 4.78 is 35.4. The van der Waals surface area contributed by atoms with Gasteiger partial charge in [0.25, 0.3) is 11.8 Å².